The van der Waals surface area contributed by atoms with Gasteiger partial charge >= 0.3 is 6.01 Å². The number of hydrogen-bond donors (Lipinski definition) is 1. The number of nitrogens with one attached hydrogen (secondary N) is 1. The highest BCUT2D eigenvalue weighted by molar-refractivity contribution is 5.94. The van der Waals surface area contributed by atoms with E-state index >= 15 is 0 Å². The van der Waals surface area contributed by atoms with Gasteiger partial charge in [0.1, 0.15) is 12.3 Å². The van der Waals surface area contributed by atoms with Crippen molar-refractivity contribution in [1.82, 2.24) is 10.1 Å². The smallest absolute Gasteiger partial charge is 0.324 e. The average Bonchev–Trinajstić information content (AvgIpc) is 3.24. The van der Waals surface area contributed by atoms with Crippen LogP contribution in [0.5, 0.6) is 17.2 Å². The van der Waals surface area contributed by atoms with Crippen LogP contribution in [0.25, 0.3) is 11.4 Å². The molecule has 1 N–H and O–H groups in total. The molecular formula is C20H22N4O5. The van der Waals surface area contributed by atoms with E-state index in [9.17, 15) is 4.79 Å². The number of rotatable bonds is 8. The Kier molecular flexibility index (Phi) is 6.18. The summed E-state index contributed by atoms with van der Waals surface area (Å²) >= 11 is 0. The molecule has 0 unspecified atom stereocenters. The number of likely N-dealkylation sites (N-methyl/N-ethyl adjacent to an activating group) is 1. The van der Waals surface area contributed by atoms with Crippen LogP contribution in [0.2, 0.25) is 0 Å². The Morgan fingerprint density at radius 1 is 1.03 bits per heavy atom. The zero-order valence-corrected chi connectivity index (χ0v) is 16.6. The van der Waals surface area contributed by atoms with E-state index in [1.54, 1.807) is 44.4 Å². The van der Waals surface area contributed by atoms with Gasteiger partial charge in [-0.05, 0) is 36.4 Å². The Balaban J connectivity index is 1.63. The summed E-state index contributed by atoms with van der Waals surface area (Å²) in [6.07, 6.45) is 0. The lowest BCUT2D eigenvalue weighted by Crippen LogP contribution is -2.30. The monoisotopic (exact) mass is 398 g/mol. The van der Waals surface area contributed by atoms with Gasteiger partial charge in [-0.1, -0.05) is 5.16 Å². The van der Waals surface area contributed by atoms with Crippen LogP contribution >= 0.6 is 0 Å². The van der Waals surface area contributed by atoms with E-state index in [-0.39, 0.29) is 18.5 Å². The summed E-state index contributed by atoms with van der Waals surface area (Å²) in [5, 5.41) is 6.77. The molecule has 9 heteroatoms. The summed E-state index contributed by atoms with van der Waals surface area (Å²) in [6.45, 7) is 0.0264. The number of methoxy groups -OCH3 is 3. The third-order valence-corrected chi connectivity index (χ3v) is 4.14. The first kappa shape index (κ1) is 20.0. The van der Waals surface area contributed by atoms with Crippen molar-refractivity contribution < 1.29 is 23.5 Å². The van der Waals surface area contributed by atoms with Gasteiger partial charge < -0.3 is 29.0 Å². The summed E-state index contributed by atoms with van der Waals surface area (Å²) in [5.74, 6) is 2.03. The van der Waals surface area contributed by atoms with Crippen molar-refractivity contribution in [3.8, 4) is 28.6 Å². The maximum absolute atomic E-state index is 12.4. The first-order valence-electron chi connectivity index (χ1n) is 8.75. The maximum Gasteiger partial charge on any atom is 0.324 e. The summed E-state index contributed by atoms with van der Waals surface area (Å²) in [4.78, 5) is 18.3. The molecule has 0 saturated heterocycles. The molecule has 0 atom stereocenters. The van der Waals surface area contributed by atoms with E-state index in [0.717, 1.165) is 11.3 Å². The number of hydrogen-bond acceptors (Lipinski definition) is 8. The summed E-state index contributed by atoms with van der Waals surface area (Å²) in [5.41, 5.74) is 1.37. The third-order valence-electron chi connectivity index (χ3n) is 4.14. The molecule has 0 bridgehead atoms. The molecule has 0 spiro atoms. The number of nitrogens with zero attached hydrogens (tertiary/aromatic N) is 3. The Morgan fingerprint density at radius 2 is 1.76 bits per heavy atom. The first-order chi connectivity index (χ1) is 14.0. The van der Waals surface area contributed by atoms with Crippen molar-refractivity contribution >= 4 is 17.6 Å². The fraction of sp³-hybridized carbons (Fsp3) is 0.250. The number of aromatic nitrogens is 2. The molecule has 29 heavy (non-hydrogen) atoms. The fourth-order valence-corrected chi connectivity index (χ4v) is 2.63. The fourth-order valence-electron chi connectivity index (χ4n) is 2.63. The van der Waals surface area contributed by atoms with Crippen molar-refractivity contribution in [2.24, 2.45) is 0 Å². The van der Waals surface area contributed by atoms with Crippen LogP contribution in [0.4, 0.5) is 11.7 Å². The molecule has 1 aromatic heterocycles. The average molecular weight is 398 g/mol. The van der Waals surface area contributed by atoms with E-state index in [1.807, 2.05) is 24.3 Å². The summed E-state index contributed by atoms with van der Waals surface area (Å²) < 4.78 is 20.8. The number of carbonyl (C=O) groups is 1. The van der Waals surface area contributed by atoms with Crippen molar-refractivity contribution in [3.05, 3.63) is 42.5 Å². The van der Waals surface area contributed by atoms with Crippen LogP contribution in [-0.4, -0.2) is 51.0 Å². The molecule has 0 aliphatic rings. The lowest BCUT2D eigenvalue weighted by molar-refractivity contribution is -0.115. The maximum atomic E-state index is 12.4. The van der Waals surface area contributed by atoms with Gasteiger partial charge in [-0.25, -0.2) is 0 Å². The number of ether oxygens (including phenoxy) is 3. The topological polar surface area (TPSA) is 99.0 Å². The van der Waals surface area contributed by atoms with Gasteiger partial charge in [0.25, 0.3) is 0 Å². The predicted molar refractivity (Wildman–Crippen MR) is 108 cm³/mol. The largest absolute Gasteiger partial charge is 0.497 e. The van der Waals surface area contributed by atoms with Gasteiger partial charge in [-0.2, -0.15) is 4.98 Å². The Morgan fingerprint density at radius 3 is 2.41 bits per heavy atom. The van der Waals surface area contributed by atoms with Crippen LogP contribution in [0.15, 0.2) is 47.0 Å². The predicted octanol–water partition coefficient (Wildman–Crippen LogP) is 2.84. The Labute approximate surface area is 168 Å². The SMILES string of the molecule is COc1ccc(-c2noc(N(C)CC(=O)Nc3ccc(OC)c(OC)c3)n2)cc1. The van der Waals surface area contributed by atoms with Crippen molar-refractivity contribution in [2.75, 3.05) is 45.1 Å². The molecule has 1 amide bonds. The van der Waals surface area contributed by atoms with Gasteiger partial charge in [0.05, 0.1) is 21.3 Å². The van der Waals surface area contributed by atoms with E-state index in [0.29, 0.717) is 23.0 Å². The molecule has 0 saturated carbocycles. The molecule has 152 valence electrons. The van der Waals surface area contributed by atoms with Gasteiger partial charge in [0, 0.05) is 24.4 Å². The molecule has 3 aromatic rings. The van der Waals surface area contributed by atoms with Gasteiger partial charge in [-0.3, -0.25) is 4.79 Å². The van der Waals surface area contributed by atoms with E-state index in [1.165, 1.54) is 7.11 Å². The molecule has 0 fully saturated rings. The standard InChI is InChI=1S/C20H22N4O5/c1-24(12-18(25)21-14-7-10-16(27-3)17(11-14)28-4)20-22-19(23-29-20)13-5-8-15(26-2)9-6-13/h5-11H,12H2,1-4H3,(H,21,25). The van der Waals surface area contributed by atoms with Crippen molar-refractivity contribution in [2.45, 2.75) is 0 Å². The zero-order chi connectivity index (χ0) is 20.8. The molecule has 1 heterocycles. The van der Waals surface area contributed by atoms with Crippen molar-refractivity contribution in [1.29, 1.82) is 0 Å². The molecule has 2 aromatic carbocycles. The van der Waals surface area contributed by atoms with Crippen LogP contribution in [0.3, 0.4) is 0 Å². The quantitative estimate of drug-likeness (QED) is 0.618. The highest BCUT2D eigenvalue weighted by atomic mass is 16.5. The Hall–Kier alpha value is -3.75. The lowest BCUT2D eigenvalue weighted by atomic mass is 10.2. The van der Waals surface area contributed by atoms with Gasteiger partial charge in [0.2, 0.25) is 11.7 Å². The van der Waals surface area contributed by atoms with E-state index in [4.69, 9.17) is 18.7 Å². The molecule has 3 rings (SSSR count). The van der Waals surface area contributed by atoms with E-state index < -0.39 is 0 Å². The molecule has 0 aliphatic heterocycles. The molecular weight excluding hydrogens is 376 g/mol. The number of carbonyl (C=O) groups excluding carboxylic acids is 1. The normalized spacial score (nSPS) is 10.3. The van der Waals surface area contributed by atoms with Crippen molar-refractivity contribution in [3.63, 3.8) is 0 Å². The second-order valence-corrected chi connectivity index (χ2v) is 6.10. The molecule has 0 radical (unpaired) electrons. The van der Waals surface area contributed by atoms with Crippen LogP contribution in [0, 0.1) is 0 Å². The highest BCUT2D eigenvalue weighted by Crippen LogP contribution is 2.29. The Bertz CT molecular complexity index is 971. The number of amides is 1. The van der Waals surface area contributed by atoms with Crippen LogP contribution in [-0.2, 0) is 4.79 Å². The lowest BCUT2D eigenvalue weighted by Gasteiger charge is -2.14. The molecule has 9 nitrogen and oxygen atoms in total. The van der Waals surface area contributed by atoms with Gasteiger partial charge in [0.15, 0.2) is 11.5 Å². The minimum absolute atomic E-state index is 0.0264. The number of anilines is 2. The van der Waals surface area contributed by atoms with Crippen LogP contribution in [0.1, 0.15) is 0 Å². The third kappa shape index (κ3) is 4.75. The number of benzene rings is 2. The highest BCUT2D eigenvalue weighted by Gasteiger charge is 2.16. The second kappa shape index (κ2) is 8.96. The minimum atomic E-state index is -0.246. The second-order valence-electron chi connectivity index (χ2n) is 6.10. The summed E-state index contributed by atoms with van der Waals surface area (Å²) in [7, 11) is 6.38. The zero-order valence-electron chi connectivity index (χ0n) is 16.6. The van der Waals surface area contributed by atoms with E-state index in [2.05, 4.69) is 15.5 Å². The van der Waals surface area contributed by atoms with Gasteiger partial charge in [-0.15, -0.1) is 0 Å². The minimum Gasteiger partial charge on any atom is -0.497 e. The molecule has 0 aliphatic carbocycles. The summed E-state index contributed by atoms with van der Waals surface area (Å²) in [6, 6.07) is 12.7. The van der Waals surface area contributed by atoms with Crippen LogP contribution < -0.4 is 24.4 Å². The first-order valence-corrected chi connectivity index (χ1v) is 8.75.